The van der Waals surface area contributed by atoms with Crippen LogP contribution in [-0.2, 0) is 16.1 Å². The summed E-state index contributed by atoms with van der Waals surface area (Å²) in [5.41, 5.74) is 3.19. The van der Waals surface area contributed by atoms with Crippen LogP contribution in [0, 0.1) is 13.8 Å². The minimum atomic E-state index is -0.476. The quantitative estimate of drug-likeness (QED) is 0.443. The Hall–Kier alpha value is -3.75. The Kier molecular flexibility index (Phi) is 8.89. The molecular formula is C25H33N3O6. The molecule has 2 aromatic rings. The Morgan fingerprint density at radius 3 is 2.18 bits per heavy atom. The Morgan fingerprint density at radius 2 is 1.65 bits per heavy atom. The molecule has 0 spiro atoms. The maximum atomic E-state index is 12.8. The van der Waals surface area contributed by atoms with Crippen LogP contribution in [0.15, 0.2) is 18.2 Å². The van der Waals surface area contributed by atoms with Crippen molar-refractivity contribution in [2.45, 2.75) is 34.2 Å². The fourth-order valence-electron chi connectivity index (χ4n) is 3.78. The molecule has 0 unspecified atom stereocenters. The van der Waals surface area contributed by atoms with Crippen LogP contribution in [-0.4, -0.2) is 62.2 Å². The summed E-state index contributed by atoms with van der Waals surface area (Å²) in [6.07, 6.45) is 2.91. The molecule has 0 aliphatic rings. The Labute approximate surface area is 200 Å². The number of esters is 1. The monoisotopic (exact) mass is 471 g/mol. The number of ether oxygens (including phenoxy) is 3. The second kappa shape index (κ2) is 11.4. The van der Waals surface area contributed by atoms with Crippen LogP contribution in [0.2, 0.25) is 0 Å². The van der Waals surface area contributed by atoms with Gasteiger partial charge in [-0.05, 0) is 39.8 Å². The number of methoxy groups -OCH3 is 2. The van der Waals surface area contributed by atoms with E-state index in [4.69, 9.17) is 14.2 Å². The molecule has 0 saturated heterocycles. The molecule has 9 nitrogen and oxygen atoms in total. The maximum Gasteiger partial charge on any atom is 0.340 e. The summed E-state index contributed by atoms with van der Waals surface area (Å²) in [4.78, 5) is 39.5. The molecule has 1 N–H and O–H groups in total. The van der Waals surface area contributed by atoms with E-state index in [1.165, 1.54) is 37.3 Å². The van der Waals surface area contributed by atoms with Crippen LogP contribution in [0.4, 0.5) is 5.69 Å². The van der Waals surface area contributed by atoms with Gasteiger partial charge in [-0.15, -0.1) is 0 Å². The molecule has 9 heteroatoms. The highest BCUT2D eigenvalue weighted by Crippen LogP contribution is 2.34. The molecule has 0 saturated carbocycles. The molecule has 0 radical (unpaired) electrons. The van der Waals surface area contributed by atoms with E-state index >= 15 is 0 Å². The molecular weight excluding hydrogens is 438 g/mol. The summed E-state index contributed by atoms with van der Waals surface area (Å²) in [6, 6.07) is 3.06. The first-order valence-electron chi connectivity index (χ1n) is 10.9. The van der Waals surface area contributed by atoms with Crippen molar-refractivity contribution in [2.24, 2.45) is 0 Å². The number of hydrogen-bond donors (Lipinski definition) is 1. The molecule has 1 aromatic carbocycles. The number of amides is 2. The van der Waals surface area contributed by atoms with Crippen molar-refractivity contribution in [3.8, 4) is 11.5 Å². The standard InChI is InChI=1S/C25H33N3O6/c1-9-28-15(3)17(23(16(28)4)25(31)34-10-2)11-12-22(29)26-19-14-21(33-8)20(32-7)13-18(19)24(30)27(5)6/h11-14H,9-10H2,1-8H3,(H,26,29)/b12-11+. The van der Waals surface area contributed by atoms with Crippen LogP contribution in [0.5, 0.6) is 11.5 Å². The topological polar surface area (TPSA) is 99.1 Å². The second-order valence-corrected chi connectivity index (χ2v) is 7.70. The highest BCUT2D eigenvalue weighted by Gasteiger charge is 2.23. The second-order valence-electron chi connectivity index (χ2n) is 7.70. The van der Waals surface area contributed by atoms with Gasteiger partial charge >= 0.3 is 5.97 Å². The summed E-state index contributed by atoms with van der Waals surface area (Å²) in [6.45, 7) is 8.39. The van der Waals surface area contributed by atoms with E-state index in [1.54, 1.807) is 27.1 Å². The van der Waals surface area contributed by atoms with Gasteiger partial charge in [0.25, 0.3) is 5.91 Å². The summed E-state index contributed by atoms with van der Waals surface area (Å²) < 4.78 is 17.8. The summed E-state index contributed by atoms with van der Waals surface area (Å²) in [5, 5.41) is 2.74. The molecule has 1 aromatic heterocycles. The highest BCUT2D eigenvalue weighted by molar-refractivity contribution is 6.08. The normalized spacial score (nSPS) is 10.8. The summed E-state index contributed by atoms with van der Waals surface area (Å²) in [5.74, 6) is -0.484. The number of anilines is 1. The SMILES string of the molecule is CCOC(=O)c1c(/C=C/C(=O)Nc2cc(OC)c(OC)cc2C(=O)N(C)C)c(C)n(CC)c1C. The minimum Gasteiger partial charge on any atom is -0.493 e. The zero-order valence-corrected chi connectivity index (χ0v) is 21.1. The van der Waals surface area contributed by atoms with E-state index in [0.29, 0.717) is 29.2 Å². The fourth-order valence-corrected chi connectivity index (χ4v) is 3.78. The van der Waals surface area contributed by atoms with Gasteiger partial charge in [-0.25, -0.2) is 4.79 Å². The lowest BCUT2D eigenvalue weighted by molar-refractivity contribution is -0.111. The Balaban J connectivity index is 2.46. The molecule has 34 heavy (non-hydrogen) atoms. The lowest BCUT2D eigenvalue weighted by atomic mass is 10.1. The smallest absolute Gasteiger partial charge is 0.340 e. The van der Waals surface area contributed by atoms with E-state index in [9.17, 15) is 14.4 Å². The first-order valence-corrected chi connectivity index (χ1v) is 10.9. The average molecular weight is 472 g/mol. The van der Waals surface area contributed by atoms with Crippen LogP contribution in [0.1, 0.15) is 51.5 Å². The van der Waals surface area contributed by atoms with Gasteiger partial charge in [0, 0.05) is 49.7 Å². The van der Waals surface area contributed by atoms with Crippen molar-refractivity contribution in [1.82, 2.24) is 9.47 Å². The highest BCUT2D eigenvalue weighted by atomic mass is 16.5. The largest absolute Gasteiger partial charge is 0.493 e. The van der Waals surface area contributed by atoms with E-state index < -0.39 is 11.9 Å². The zero-order chi connectivity index (χ0) is 25.6. The van der Waals surface area contributed by atoms with Crippen molar-refractivity contribution < 1.29 is 28.6 Å². The van der Waals surface area contributed by atoms with Gasteiger partial charge in [0.1, 0.15) is 0 Å². The number of nitrogens with zero attached hydrogens (tertiary/aromatic N) is 2. The van der Waals surface area contributed by atoms with Crippen molar-refractivity contribution in [3.63, 3.8) is 0 Å². The van der Waals surface area contributed by atoms with Gasteiger partial charge in [0.2, 0.25) is 5.91 Å². The first-order chi connectivity index (χ1) is 16.1. The van der Waals surface area contributed by atoms with Gasteiger partial charge in [-0.3, -0.25) is 9.59 Å². The van der Waals surface area contributed by atoms with E-state index in [2.05, 4.69) is 5.32 Å². The molecule has 0 aliphatic heterocycles. The number of carbonyl (C=O) groups excluding carboxylic acids is 3. The van der Waals surface area contributed by atoms with Crippen LogP contribution in [0.25, 0.3) is 6.08 Å². The maximum absolute atomic E-state index is 12.8. The van der Waals surface area contributed by atoms with Crippen LogP contribution in [0.3, 0.4) is 0 Å². The van der Waals surface area contributed by atoms with E-state index in [1.807, 2.05) is 25.3 Å². The Bertz CT molecular complexity index is 1110. The van der Waals surface area contributed by atoms with E-state index in [-0.39, 0.29) is 23.8 Å². The summed E-state index contributed by atoms with van der Waals surface area (Å²) >= 11 is 0. The van der Waals surface area contributed by atoms with Crippen molar-refractivity contribution in [2.75, 3.05) is 40.2 Å². The number of benzene rings is 1. The third-order valence-corrected chi connectivity index (χ3v) is 5.45. The van der Waals surface area contributed by atoms with Gasteiger partial charge in [0.15, 0.2) is 11.5 Å². The molecule has 184 valence electrons. The van der Waals surface area contributed by atoms with Crippen molar-refractivity contribution >= 4 is 29.5 Å². The number of aromatic nitrogens is 1. The summed E-state index contributed by atoms with van der Waals surface area (Å²) in [7, 11) is 6.17. The van der Waals surface area contributed by atoms with Crippen LogP contribution >= 0.6 is 0 Å². The molecule has 0 atom stereocenters. The van der Waals surface area contributed by atoms with Crippen LogP contribution < -0.4 is 14.8 Å². The molecule has 0 bridgehead atoms. The molecule has 2 amide bonds. The lowest BCUT2D eigenvalue weighted by Crippen LogP contribution is -2.24. The van der Waals surface area contributed by atoms with Gasteiger partial charge in [0.05, 0.1) is 37.6 Å². The molecule has 2 rings (SSSR count). The zero-order valence-electron chi connectivity index (χ0n) is 21.1. The number of nitrogens with one attached hydrogen (secondary N) is 1. The average Bonchev–Trinajstić information content (AvgIpc) is 3.05. The Morgan fingerprint density at radius 1 is 1.03 bits per heavy atom. The molecule has 0 aliphatic carbocycles. The predicted molar refractivity (Wildman–Crippen MR) is 131 cm³/mol. The molecule has 0 fully saturated rings. The first kappa shape index (κ1) is 26.5. The van der Waals surface area contributed by atoms with Crippen molar-refractivity contribution in [1.29, 1.82) is 0 Å². The number of carbonyl (C=O) groups is 3. The van der Waals surface area contributed by atoms with Crippen molar-refractivity contribution in [3.05, 3.63) is 46.3 Å². The van der Waals surface area contributed by atoms with Gasteiger partial charge < -0.3 is 29.0 Å². The van der Waals surface area contributed by atoms with E-state index in [0.717, 1.165) is 11.4 Å². The third-order valence-electron chi connectivity index (χ3n) is 5.45. The van der Waals surface area contributed by atoms with Gasteiger partial charge in [-0.2, -0.15) is 0 Å². The third kappa shape index (κ3) is 5.41. The minimum absolute atomic E-state index is 0.250. The lowest BCUT2D eigenvalue weighted by Gasteiger charge is -2.17. The predicted octanol–water partition coefficient (Wildman–Crippen LogP) is 3.67. The number of hydrogen-bond acceptors (Lipinski definition) is 6. The van der Waals surface area contributed by atoms with Gasteiger partial charge in [-0.1, -0.05) is 0 Å². The fraction of sp³-hybridized carbons (Fsp3) is 0.400. The molecule has 1 heterocycles. The number of rotatable bonds is 9.